The highest BCUT2D eigenvalue weighted by atomic mass is 19.1. The molecule has 0 aliphatic carbocycles. The van der Waals surface area contributed by atoms with Crippen LogP contribution in [-0.4, -0.2) is 38.6 Å². The highest BCUT2D eigenvalue weighted by molar-refractivity contribution is 6.09. The molecule has 1 fully saturated rings. The molecular weight excluding hydrogens is 263 g/mol. The largest absolute Gasteiger partial charge is 0.383 e. The Morgan fingerprint density at radius 1 is 1.45 bits per heavy atom. The first-order chi connectivity index (χ1) is 9.63. The van der Waals surface area contributed by atoms with E-state index in [9.17, 15) is 14.0 Å². The Kier molecular flexibility index (Phi) is 4.68. The van der Waals surface area contributed by atoms with Crippen LogP contribution in [0.25, 0.3) is 0 Å². The number of hydrogen-bond acceptors (Lipinski definition) is 3. The first kappa shape index (κ1) is 14.5. The van der Waals surface area contributed by atoms with E-state index in [1.54, 1.807) is 19.2 Å². The van der Waals surface area contributed by atoms with E-state index < -0.39 is 5.92 Å². The van der Waals surface area contributed by atoms with Crippen molar-refractivity contribution in [2.75, 3.05) is 31.7 Å². The molecule has 1 unspecified atom stereocenters. The van der Waals surface area contributed by atoms with Crippen LogP contribution in [0.4, 0.5) is 10.1 Å². The maximum absolute atomic E-state index is 12.9. The molecule has 1 atom stereocenters. The standard InChI is InChI=1S/C14H17FN2O3/c1-20-9-7-16-13(18)12-6-8-17(14(12)19)11-4-2-10(15)3-5-11/h2-5,12H,6-9H2,1H3,(H,16,18). The number of anilines is 1. The van der Waals surface area contributed by atoms with Crippen molar-refractivity contribution in [1.29, 1.82) is 0 Å². The third-order valence-electron chi connectivity index (χ3n) is 3.27. The molecule has 0 spiro atoms. The fraction of sp³-hybridized carbons (Fsp3) is 0.429. The summed E-state index contributed by atoms with van der Waals surface area (Å²) in [5.74, 6) is -1.55. The normalized spacial score (nSPS) is 18.4. The molecule has 20 heavy (non-hydrogen) atoms. The van der Waals surface area contributed by atoms with Crippen molar-refractivity contribution in [1.82, 2.24) is 5.32 Å². The smallest absolute Gasteiger partial charge is 0.239 e. The van der Waals surface area contributed by atoms with E-state index in [0.717, 1.165) is 0 Å². The highest BCUT2D eigenvalue weighted by Gasteiger charge is 2.37. The van der Waals surface area contributed by atoms with E-state index in [1.807, 2.05) is 0 Å². The molecule has 2 amide bonds. The molecular formula is C14H17FN2O3. The van der Waals surface area contributed by atoms with Crippen molar-refractivity contribution >= 4 is 17.5 Å². The molecule has 0 bridgehead atoms. The van der Waals surface area contributed by atoms with Gasteiger partial charge in [0.05, 0.1) is 6.61 Å². The van der Waals surface area contributed by atoms with Gasteiger partial charge in [-0.25, -0.2) is 4.39 Å². The minimum absolute atomic E-state index is 0.244. The summed E-state index contributed by atoms with van der Waals surface area (Å²) >= 11 is 0. The molecule has 1 aromatic rings. The number of hydrogen-bond donors (Lipinski definition) is 1. The van der Waals surface area contributed by atoms with Crippen LogP contribution in [0.15, 0.2) is 24.3 Å². The molecule has 1 N–H and O–H groups in total. The Hall–Kier alpha value is -1.95. The maximum Gasteiger partial charge on any atom is 0.239 e. The van der Waals surface area contributed by atoms with Crippen molar-refractivity contribution in [3.63, 3.8) is 0 Å². The molecule has 0 radical (unpaired) electrons. The minimum atomic E-state index is -0.670. The van der Waals surface area contributed by atoms with Crippen LogP contribution in [0, 0.1) is 11.7 Å². The lowest BCUT2D eigenvalue weighted by molar-refractivity contribution is -0.132. The summed E-state index contributed by atoms with van der Waals surface area (Å²) in [6, 6.07) is 5.68. The topological polar surface area (TPSA) is 58.6 Å². The number of carbonyl (C=O) groups is 2. The van der Waals surface area contributed by atoms with Gasteiger partial charge in [0.1, 0.15) is 11.7 Å². The van der Waals surface area contributed by atoms with Gasteiger partial charge in [-0.05, 0) is 30.7 Å². The first-order valence-electron chi connectivity index (χ1n) is 6.47. The fourth-order valence-electron chi connectivity index (χ4n) is 2.20. The molecule has 5 nitrogen and oxygen atoms in total. The third kappa shape index (κ3) is 3.14. The van der Waals surface area contributed by atoms with E-state index >= 15 is 0 Å². The lowest BCUT2D eigenvalue weighted by Crippen LogP contribution is -2.38. The van der Waals surface area contributed by atoms with Crippen LogP contribution in [0.2, 0.25) is 0 Å². The zero-order chi connectivity index (χ0) is 14.5. The van der Waals surface area contributed by atoms with Gasteiger partial charge in [-0.1, -0.05) is 0 Å². The molecule has 1 aromatic carbocycles. The highest BCUT2D eigenvalue weighted by Crippen LogP contribution is 2.25. The Labute approximate surface area is 116 Å². The van der Waals surface area contributed by atoms with Crippen molar-refractivity contribution in [2.45, 2.75) is 6.42 Å². The maximum atomic E-state index is 12.9. The van der Waals surface area contributed by atoms with Gasteiger partial charge in [0.2, 0.25) is 11.8 Å². The average Bonchev–Trinajstić information content (AvgIpc) is 2.82. The number of halogens is 1. The summed E-state index contributed by atoms with van der Waals surface area (Å²) in [7, 11) is 1.54. The Bertz CT molecular complexity index is 490. The molecule has 1 aliphatic rings. The molecule has 1 aliphatic heterocycles. The van der Waals surface area contributed by atoms with Gasteiger partial charge >= 0.3 is 0 Å². The van der Waals surface area contributed by atoms with Gasteiger partial charge in [0.25, 0.3) is 0 Å². The summed E-state index contributed by atoms with van der Waals surface area (Å²) in [5, 5.41) is 2.67. The van der Waals surface area contributed by atoms with Crippen molar-refractivity contribution in [2.24, 2.45) is 5.92 Å². The second-order valence-electron chi connectivity index (χ2n) is 4.59. The molecule has 2 rings (SSSR count). The molecule has 0 aromatic heterocycles. The van der Waals surface area contributed by atoms with Crippen molar-refractivity contribution in [3.8, 4) is 0 Å². The second kappa shape index (κ2) is 6.47. The van der Waals surface area contributed by atoms with Crippen LogP contribution in [0.1, 0.15) is 6.42 Å². The molecule has 108 valence electrons. The molecule has 1 saturated heterocycles. The van der Waals surface area contributed by atoms with Gasteiger partial charge in [-0.2, -0.15) is 0 Å². The van der Waals surface area contributed by atoms with E-state index in [1.165, 1.54) is 17.0 Å². The number of ether oxygens (including phenoxy) is 1. The zero-order valence-corrected chi connectivity index (χ0v) is 11.3. The van der Waals surface area contributed by atoms with Gasteiger partial charge in [0.15, 0.2) is 0 Å². The molecule has 0 saturated carbocycles. The predicted molar refractivity (Wildman–Crippen MR) is 71.7 cm³/mol. The van der Waals surface area contributed by atoms with E-state index in [2.05, 4.69) is 5.32 Å². The second-order valence-corrected chi connectivity index (χ2v) is 4.59. The summed E-state index contributed by atoms with van der Waals surface area (Å²) in [6.07, 6.45) is 0.467. The van der Waals surface area contributed by atoms with Gasteiger partial charge in [-0.15, -0.1) is 0 Å². The van der Waals surface area contributed by atoms with E-state index in [0.29, 0.717) is 31.8 Å². The summed E-state index contributed by atoms with van der Waals surface area (Å²) in [4.78, 5) is 25.6. The van der Waals surface area contributed by atoms with Gasteiger partial charge in [-0.3, -0.25) is 9.59 Å². The van der Waals surface area contributed by atoms with Crippen molar-refractivity contribution in [3.05, 3.63) is 30.1 Å². The minimum Gasteiger partial charge on any atom is -0.383 e. The summed E-state index contributed by atoms with van der Waals surface area (Å²) < 4.78 is 17.7. The Morgan fingerprint density at radius 2 is 2.15 bits per heavy atom. The number of carbonyl (C=O) groups excluding carboxylic acids is 2. The van der Waals surface area contributed by atoms with Crippen LogP contribution in [0.5, 0.6) is 0 Å². The monoisotopic (exact) mass is 280 g/mol. The van der Waals surface area contributed by atoms with Gasteiger partial charge < -0.3 is 15.0 Å². The molecule has 6 heteroatoms. The average molecular weight is 280 g/mol. The lowest BCUT2D eigenvalue weighted by atomic mass is 10.1. The van der Waals surface area contributed by atoms with Crippen molar-refractivity contribution < 1.29 is 18.7 Å². The van der Waals surface area contributed by atoms with Crippen LogP contribution in [0.3, 0.4) is 0 Å². The molecule has 1 heterocycles. The Morgan fingerprint density at radius 3 is 2.80 bits per heavy atom. The summed E-state index contributed by atoms with van der Waals surface area (Å²) in [6.45, 7) is 1.26. The van der Waals surface area contributed by atoms with E-state index in [-0.39, 0.29) is 17.6 Å². The SMILES string of the molecule is COCCNC(=O)C1CCN(c2ccc(F)cc2)C1=O. The number of rotatable bonds is 5. The predicted octanol–water partition coefficient (Wildman–Crippen LogP) is 0.941. The van der Waals surface area contributed by atoms with Crippen LogP contribution >= 0.6 is 0 Å². The number of amides is 2. The van der Waals surface area contributed by atoms with Gasteiger partial charge in [0, 0.05) is 25.9 Å². The number of methoxy groups -OCH3 is 1. The Balaban J connectivity index is 1.98. The van der Waals surface area contributed by atoms with Crippen LogP contribution in [-0.2, 0) is 14.3 Å². The summed E-state index contributed by atoms with van der Waals surface area (Å²) in [5.41, 5.74) is 0.614. The zero-order valence-electron chi connectivity index (χ0n) is 11.3. The number of nitrogens with zero attached hydrogens (tertiary/aromatic N) is 1. The third-order valence-corrected chi connectivity index (χ3v) is 3.27. The van der Waals surface area contributed by atoms with E-state index in [4.69, 9.17) is 4.74 Å². The number of nitrogens with one attached hydrogen (secondary N) is 1. The lowest BCUT2D eigenvalue weighted by Gasteiger charge is -2.16. The quantitative estimate of drug-likeness (QED) is 0.645. The first-order valence-corrected chi connectivity index (χ1v) is 6.47. The number of benzene rings is 1. The fourth-order valence-corrected chi connectivity index (χ4v) is 2.20. The van der Waals surface area contributed by atoms with Crippen LogP contribution < -0.4 is 10.2 Å².